The maximum Gasteiger partial charge on any atom is 0.146 e. The van der Waals surface area contributed by atoms with Crippen LogP contribution in [0.5, 0.6) is 5.75 Å². The molecular formula is C13H11N3O. The predicted molar refractivity (Wildman–Crippen MR) is 66.7 cm³/mol. The van der Waals surface area contributed by atoms with Crippen molar-refractivity contribution in [3.8, 4) is 17.1 Å². The molecule has 17 heavy (non-hydrogen) atoms. The SMILES string of the molecule is Nc1cccc2cnc(-c3ccc(O)cc3)n12. The second-order valence-electron chi connectivity index (χ2n) is 3.84. The van der Waals surface area contributed by atoms with Gasteiger partial charge in [-0.15, -0.1) is 0 Å². The Morgan fingerprint density at radius 3 is 2.59 bits per heavy atom. The van der Waals surface area contributed by atoms with Crippen molar-refractivity contribution in [3.63, 3.8) is 0 Å². The molecule has 84 valence electrons. The van der Waals surface area contributed by atoms with Gasteiger partial charge in [0.15, 0.2) is 0 Å². The first-order valence-electron chi connectivity index (χ1n) is 5.27. The van der Waals surface area contributed by atoms with Crippen molar-refractivity contribution < 1.29 is 5.11 Å². The molecule has 0 fully saturated rings. The molecule has 1 aromatic carbocycles. The molecule has 2 heterocycles. The molecule has 0 aliphatic rings. The maximum absolute atomic E-state index is 9.27. The summed E-state index contributed by atoms with van der Waals surface area (Å²) < 4.78 is 1.88. The Labute approximate surface area is 98.0 Å². The monoisotopic (exact) mass is 225 g/mol. The summed E-state index contributed by atoms with van der Waals surface area (Å²) in [5.74, 6) is 1.66. The number of fused-ring (bicyclic) bond motifs is 1. The third-order valence-electron chi connectivity index (χ3n) is 2.71. The first-order chi connectivity index (χ1) is 8.25. The topological polar surface area (TPSA) is 63.5 Å². The minimum Gasteiger partial charge on any atom is -0.508 e. The van der Waals surface area contributed by atoms with E-state index in [1.165, 1.54) is 0 Å². The number of nitrogens with two attached hydrogens (primary N) is 1. The minimum atomic E-state index is 0.239. The van der Waals surface area contributed by atoms with Gasteiger partial charge >= 0.3 is 0 Å². The van der Waals surface area contributed by atoms with Gasteiger partial charge < -0.3 is 10.8 Å². The standard InChI is InChI=1S/C13H11N3O/c14-12-3-1-2-10-8-15-13(16(10)12)9-4-6-11(17)7-5-9/h1-8,17H,14H2. The lowest BCUT2D eigenvalue weighted by molar-refractivity contribution is 0.475. The van der Waals surface area contributed by atoms with Crippen molar-refractivity contribution in [3.05, 3.63) is 48.7 Å². The molecule has 4 nitrogen and oxygen atoms in total. The molecule has 0 bridgehead atoms. The van der Waals surface area contributed by atoms with Crippen LogP contribution < -0.4 is 5.73 Å². The number of hydrogen-bond donors (Lipinski definition) is 2. The van der Waals surface area contributed by atoms with Crippen LogP contribution in [-0.4, -0.2) is 14.5 Å². The number of rotatable bonds is 1. The van der Waals surface area contributed by atoms with Crippen LogP contribution in [0.15, 0.2) is 48.7 Å². The molecule has 0 atom stereocenters. The number of phenols is 1. The maximum atomic E-state index is 9.27. The highest BCUT2D eigenvalue weighted by Crippen LogP contribution is 2.23. The van der Waals surface area contributed by atoms with E-state index in [-0.39, 0.29) is 5.75 Å². The first kappa shape index (κ1) is 9.72. The number of imidazole rings is 1. The summed E-state index contributed by atoms with van der Waals surface area (Å²) in [7, 11) is 0. The highest BCUT2D eigenvalue weighted by Gasteiger charge is 2.07. The van der Waals surface area contributed by atoms with Crippen LogP contribution in [0.25, 0.3) is 16.9 Å². The van der Waals surface area contributed by atoms with Gasteiger partial charge in [-0.3, -0.25) is 4.40 Å². The van der Waals surface area contributed by atoms with E-state index in [9.17, 15) is 5.11 Å². The number of aromatic hydroxyl groups is 1. The number of benzene rings is 1. The molecule has 0 amide bonds. The van der Waals surface area contributed by atoms with Crippen molar-refractivity contribution in [1.29, 1.82) is 0 Å². The molecule has 0 aliphatic carbocycles. The van der Waals surface area contributed by atoms with E-state index in [2.05, 4.69) is 4.98 Å². The molecule has 0 spiro atoms. The summed E-state index contributed by atoms with van der Waals surface area (Å²) in [6.07, 6.45) is 1.78. The van der Waals surface area contributed by atoms with Gasteiger partial charge in [-0.25, -0.2) is 4.98 Å². The molecule has 0 saturated heterocycles. The highest BCUT2D eigenvalue weighted by molar-refractivity contribution is 5.66. The third-order valence-corrected chi connectivity index (χ3v) is 2.71. The summed E-state index contributed by atoms with van der Waals surface area (Å²) in [4.78, 5) is 4.36. The van der Waals surface area contributed by atoms with Crippen LogP contribution in [0, 0.1) is 0 Å². The van der Waals surface area contributed by atoms with Crippen molar-refractivity contribution in [2.75, 3.05) is 5.73 Å². The fourth-order valence-corrected chi connectivity index (χ4v) is 1.89. The van der Waals surface area contributed by atoms with Crippen molar-refractivity contribution in [1.82, 2.24) is 9.38 Å². The van der Waals surface area contributed by atoms with E-state index >= 15 is 0 Å². The molecule has 3 N–H and O–H groups in total. The third kappa shape index (κ3) is 1.50. The van der Waals surface area contributed by atoms with E-state index in [4.69, 9.17) is 5.73 Å². The molecule has 4 heteroatoms. The zero-order valence-corrected chi connectivity index (χ0v) is 9.04. The quantitative estimate of drug-likeness (QED) is 0.667. The molecule has 0 saturated carbocycles. The Morgan fingerprint density at radius 2 is 1.82 bits per heavy atom. The lowest BCUT2D eigenvalue weighted by Crippen LogP contribution is -1.97. The Hall–Kier alpha value is -2.49. The summed E-state index contributed by atoms with van der Waals surface area (Å²) in [6.45, 7) is 0. The second kappa shape index (κ2) is 3.52. The fourth-order valence-electron chi connectivity index (χ4n) is 1.89. The summed E-state index contributed by atoms with van der Waals surface area (Å²) >= 11 is 0. The van der Waals surface area contributed by atoms with E-state index in [0.717, 1.165) is 16.9 Å². The fraction of sp³-hybridized carbons (Fsp3) is 0. The van der Waals surface area contributed by atoms with Crippen LogP contribution in [-0.2, 0) is 0 Å². The van der Waals surface area contributed by atoms with Gasteiger partial charge in [0.05, 0.1) is 11.7 Å². The zero-order valence-electron chi connectivity index (χ0n) is 9.04. The van der Waals surface area contributed by atoms with E-state index in [1.807, 2.05) is 34.7 Å². The average molecular weight is 225 g/mol. The number of phenolic OH excluding ortho intramolecular Hbond substituents is 1. The Bertz CT molecular complexity index is 671. The van der Waals surface area contributed by atoms with Crippen molar-refractivity contribution >= 4 is 11.3 Å². The number of nitrogens with zero attached hydrogens (tertiary/aromatic N) is 2. The minimum absolute atomic E-state index is 0.239. The molecule has 0 radical (unpaired) electrons. The normalized spacial score (nSPS) is 10.8. The van der Waals surface area contributed by atoms with Gasteiger partial charge in [0.25, 0.3) is 0 Å². The molecule has 0 aliphatic heterocycles. The summed E-state index contributed by atoms with van der Waals surface area (Å²) in [5.41, 5.74) is 7.81. The largest absolute Gasteiger partial charge is 0.508 e. The Kier molecular flexibility index (Phi) is 2.01. The Balaban J connectivity index is 2.27. The van der Waals surface area contributed by atoms with Gasteiger partial charge in [-0.2, -0.15) is 0 Å². The van der Waals surface area contributed by atoms with Gasteiger partial charge in [0.1, 0.15) is 17.4 Å². The lowest BCUT2D eigenvalue weighted by Gasteiger charge is -2.04. The molecule has 3 aromatic rings. The zero-order chi connectivity index (χ0) is 11.8. The molecule has 0 unspecified atom stereocenters. The number of anilines is 1. The smallest absolute Gasteiger partial charge is 0.146 e. The number of pyridine rings is 1. The number of nitrogen functional groups attached to an aromatic ring is 1. The summed E-state index contributed by atoms with van der Waals surface area (Å²) in [6, 6.07) is 12.6. The van der Waals surface area contributed by atoms with Crippen LogP contribution in [0.2, 0.25) is 0 Å². The Morgan fingerprint density at radius 1 is 1.06 bits per heavy atom. The first-order valence-corrected chi connectivity index (χ1v) is 5.27. The van der Waals surface area contributed by atoms with E-state index < -0.39 is 0 Å². The highest BCUT2D eigenvalue weighted by atomic mass is 16.3. The van der Waals surface area contributed by atoms with Crippen molar-refractivity contribution in [2.24, 2.45) is 0 Å². The van der Waals surface area contributed by atoms with Gasteiger partial charge in [0, 0.05) is 5.56 Å². The van der Waals surface area contributed by atoms with Crippen LogP contribution in [0.3, 0.4) is 0 Å². The van der Waals surface area contributed by atoms with Crippen LogP contribution >= 0.6 is 0 Å². The average Bonchev–Trinajstić information content (AvgIpc) is 2.75. The number of hydrogen-bond acceptors (Lipinski definition) is 3. The van der Waals surface area contributed by atoms with Gasteiger partial charge in [-0.05, 0) is 36.4 Å². The van der Waals surface area contributed by atoms with E-state index in [1.54, 1.807) is 18.3 Å². The van der Waals surface area contributed by atoms with Crippen LogP contribution in [0.1, 0.15) is 0 Å². The predicted octanol–water partition coefficient (Wildman–Crippen LogP) is 2.29. The van der Waals surface area contributed by atoms with Gasteiger partial charge in [0.2, 0.25) is 0 Å². The molecule has 3 rings (SSSR count). The second-order valence-corrected chi connectivity index (χ2v) is 3.84. The summed E-state index contributed by atoms with van der Waals surface area (Å²) in [5, 5.41) is 9.27. The van der Waals surface area contributed by atoms with Gasteiger partial charge in [-0.1, -0.05) is 6.07 Å². The molecular weight excluding hydrogens is 214 g/mol. The molecule has 2 aromatic heterocycles. The lowest BCUT2D eigenvalue weighted by atomic mass is 10.2. The van der Waals surface area contributed by atoms with Crippen molar-refractivity contribution in [2.45, 2.75) is 0 Å². The van der Waals surface area contributed by atoms with Crippen LogP contribution in [0.4, 0.5) is 5.82 Å². The number of aromatic nitrogens is 2. The van der Waals surface area contributed by atoms with E-state index in [0.29, 0.717) is 5.82 Å².